The predicted octanol–water partition coefficient (Wildman–Crippen LogP) is 5.27. The lowest BCUT2D eigenvalue weighted by Crippen LogP contribution is -2.30. The molecule has 0 spiro atoms. The number of hydrogen-bond acceptors (Lipinski definition) is 5. The molecule has 0 atom stereocenters. The lowest BCUT2D eigenvalue weighted by molar-refractivity contribution is 0.102. The van der Waals surface area contributed by atoms with Crippen LogP contribution in [-0.2, 0) is 6.54 Å². The monoisotopic (exact) mass is 441 g/mol. The Bertz CT molecular complexity index is 1330. The summed E-state index contributed by atoms with van der Waals surface area (Å²) >= 11 is 7.26. The largest absolute Gasteiger partial charge is 0.506 e. The van der Waals surface area contributed by atoms with E-state index in [2.05, 4.69) is 24.1 Å². The molecular weight excluding hydrogens is 422 g/mol. The van der Waals surface area contributed by atoms with Crippen molar-refractivity contribution in [3.63, 3.8) is 0 Å². The van der Waals surface area contributed by atoms with E-state index in [0.29, 0.717) is 39.0 Å². The number of aromatic hydroxyl groups is 1. The Balaban J connectivity index is 1.78. The molecule has 2 N–H and O–H groups in total. The van der Waals surface area contributed by atoms with Gasteiger partial charge in [0.15, 0.2) is 5.13 Å². The molecule has 4 rings (SSSR count). The normalized spacial score (nSPS) is 11.5. The van der Waals surface area contributed by atoms with Crippen LogP contribution >= 0.6 is 22.9 Å². The average molecular weight is 442 g/mol. The molecule has 1 amide bonds. The smallest absolute Gasteiger partial charge is 0.267 e. The lowest BCUT2D eigenvalue weighted by atomic mass is 10.1. The number of nitrogens with zero attached hydrogens (tertiary/aromatic N) is 2. The second-order valence-electron chi connectivity index (χ2n) is 7.47. The summed E-state index contributed by atoms with van der Waals surface area (Å²) < 4.78 is 2.37. The Morgan fingerprint density at radius 2 is 2.03 bits per heavy atom. The van der Waals surface area contributed by atoms with Crippen molar-refractivity contribution in [3.8, 4) is 5.75 Å². The van der Waals surface area contributed by atoms with Crippen molar-refractivity contribution in [2.24, 2.45) is 5.92 Å². The number of nitrogens with one attached hydrogen (secondary N) is 1. The van der Waals surface area contributed by atoms with Crippen LogP contribution in [-0.4, -0.2) is 20.6 Å². The molecule has 0 saturated heterocycles. The number of benzene rings is 2. The Hall–Kier alpha value is -2.90. The highest BCUT2D eigenvalue weighted by Gasteiger charge is 2.23. The van der Waals surface area contributed by atoms with Crippen LogP contribution in [0.15, 0.2) is 47.3 Å². The van der Waals surface area contributed by atoms with Gasteiger partial charge in [-0.25, -0.2) is 4.98 Å². The van der Waals surface area contributed by atoms with Crippen LogP contribution in [0.5, 0.6) is 5.75 Å². The Morgan fingerprint density at radius 3 is 2.80 bits per heavy atom. The fraction of sp³-hybridized carbons (Fsp3) is 0.227. The van der Waals surface area contributed by atoms with Gasteiger partial charge in [-0.05, 0) is 42.7 Å². The van der Waals surface area contributed by atoms with Crippen LogP contribution in [0.4, 0.5) is 5.13 Å². The van der Waals surface area contributed by atoms with Gasteiger partial charge >= 0.3 is 0 Å². The van der Waals surface area contributed by atoms with Gasteiger partial charge in [-0.1, -0.05) is 48.9 Å². The maximum absolute atomic E-state index is 13.2. The third-order valence-electron chi connectivity index (χ3n) is 4.87. The van der Waals surface area contributed by atoms with Crippen molar-refractivity contribution in [1.82, 2.24) is 9.55 Å². The molecule has 2 aromatic carbocycles. The number of fused-ring (bicyclic) bond motifs is 2. The number of aromatic nitrogens is 2. The molecule has 0 aliphatic rings. The molecule has 154 valence electrons. The minimum absolute atomic E-state index is 0.283. The van der Waals surface area contributed by atoms with Crippen molar-refractivity contribution in [2.75, 3.05) is 5.32 Å². The summed E-state index contributed by atoms with van der Waals surface area (Å²) in [5, 5.41) is 14.8. The standard InChI is InChI=1S/C22H20ClN3O3S/c1-12(2)9-10-26-16-6-4-3-5-14(16)19(27)18(21(26)29)20(28)25-22-24-15-8-7-13(23)11-17(15)30-22/h3-8,11-12,27H,9-10H2,1-2H3,(H,24,25,28). The highest BCUT2D eigenvalue weighted by atomic mass is 35.5. The molecule has 0 saturated carbocycles. The van der Waals surface area contributed by atoms with Crippen molar-refractivity contribution in [1.29, 1.82) is 0 Å². The minimum atomic E-state index is -0.688. The van der Waals surface area contributed by atoms with Gasteiger partial charge in [-0.2, -0.15) is 0 Å². The first-order valence-corrected chi connectivity index (χ1v) is 10.8. The molecular formula is C22H20ClN3O3S. The summed E-state index contributed by atoms with van der Waals surface area (Å²) in [7, 11) is 0. The van der Waals surface area contributed by atoms with Crippen LogP contribution < -0.4 is 10.9 Å². The van der Waals surface area contributed by atoms with E-state index >= 15 is 0 Å². The lowest BCUT2D eigenvalue weighted by Gasteiger charge is -2.15. The molecule has 0 aliphatic heterocycles. The van der Waals surface area contributed by atoms with Crippen LogP contribution in [0, 0.1) is 5.92 Å². The van der Waals surface area contributed by atoms with Gasteiger partial charge in [0.05, 0.1) is 15.7 Å². The number of pyridine rings is 1. The molecule has 0 aliphatic carbocycles. The van der Waals surface area contributed by atoms with E-state index in [4.69, 9.17) is 11.6 Å². The summed E-state index contributed by atoms with van der Waals surface area (Å²) in [4.78, 5) is 30.5. The zero-order chi connectivity index (χ0) is 21.4. The first-order valence-electron chi connectivity index (χ1n) is 9.57. The zero-order valence-corrected chi connectivity index (χ0v) is 18.0. The number of anilines is 1. The molecule has 0 radical (unpaired) electrons. The first kappa shape index (κ1) is 20.4. The summed E-state index contributed by atoms with van der Waals surface area (Å²) in [6.07, 6.45) is 0.772. The van der Waals surface area contributed by atoms with E-state index in [1.165, 1.54) is 11.3 Å². The van der Waals surface area contributed by atoms with Crippen LogP contribution in [0.2, 0.25) is 5.02 Å². The summed E-state index contributed by atoms with van der Waals surface area (Å²) in [5.41, 5.74) is 0.492. The molecule has 8 heteroatoms. The summed E-state index contributed by atoms with van der Waals surface area (Å²) in [6, 6.07) is 12.3. The second-order valence-corrected chi connectivity index (χ2v) is 8.93. The molecule has 2 heterocycles. The molecule has 2 aromatic heterocycles. The number of hydrogen-bond donors (Lipinski definition) is 2. The van der Waals surface area contributed by atoms with Crippen LogP contribution in [0.25, 0.3) is 21.1 Å². The maximum Gasteiger partial charge on any atom is 0.267 e. The van der Waals surface area contributed by atoms with E-state index in [9.17, 15) is 14.7 Å². The molecule has 4 aromatic rings. The van der Waals surface area contributed by atoms with Gasteiger partial charge in [0.1, 0.15) is 11.3 Å². The van der Waals surface area contributed by atoms with Crippen molar-refractivity contribution in [3.05, 3.63) is 63.4 Å². The maximum atomic E-state index is 13.2. The quantitative estimate of drug-likeness (QED) is 0.442. The van der Waals surface area contributed by atoms with Crippen molar-refractivity contribution >= 4 is 55.1 Å². The number of thiazole rings is 1. The van der Waals surface area contributed by atoms with E-state index in [0.717, 1.165) is 11.1 Å². The highest BCUT2D eigenvalue weighted by molar-refractivity contribution is 7.22. The van der Waals surface area contributed by atoms with Gasteiger partial charge in [-0.3, -0.25) is 14.9 Å². The summed E-state index contributed by atoms with van der Waals surface area (Å²) in [6.45, 7) is 4.60. The number of aryl methyl sites for hydroxylation is 1. The number of para-hydroxylation sites is 1. The van der Waals surface area contributed by atoms with Gasteiger partial charge in [0.25, 0.3) is 11.5 Å². The van der Waals surface area contributed by atoms with Gasteiger partial charge in [-0.15, -0.1) is 0 Å². The van der Waals surface area contributed by atoms with E-state index in [1.54, 1.807) is 47.0 Å². The fourth-order valence-corrected chi connectivity index (χ4v) is 4.45. The molecule has 0 fully saturated rings. The number of rotatable bonds is 5. The van der Waals surface area contributed by atoms with E-state index in [1.807, 2.05) is 0 Å². The molecule has 0 unspecified atom stereocenters. The van der Waals surface area contributed by atoms with E-state index in [-0.39, 0.29) is 11.3 Å². The Morgan fingerprint density at radius 1 is 1.27 bits per heavy atom. The highest BCUT2D eigenvalue weighted by Crippen LogP contribution is 2.30. The number of carbonyl (C=O) groups excluding carboxylic acids is 1. The number of amides is 1. The van der Waals surface area contributed by atoms with Crippen LogP contribution in [0.1, 0.15) is 30.6 Å². The van der Waals surface area contributed by atoms with Gasteiger partial charge in [0.2, 0.25) is 0 Å². The molecule has 30 heavy (non-hydrogen) atoms. The Labute approximate surface area is 181 Å². The number of halogens is 1. The van der Waals surface area contributed by atoms with Gasteiger partial charge < -0.3 is 9.67 Å². The average Bonchev–Trinajstić information content (AvgIpc) is 3.09. The third-order valence-corrected chi connectivity index (χ3v) is 6.04. The van der Waals surface area contributed by atoms with Gasteiger partial charge in [0, 0.05) is 17.0 Å². The molecule has 6 nitrogen and oxygen atoms in total. The number of carbonyl (C=O) groups is 1. The first-order chi connectivity index (χ1) is 14.3. The summed E-state index contributed by atoms with van der Waals surface area (Å²) in [5.74, 6) is -0.624. The molecule has 0 bridgehead atoms. The second kappa shape index (κ2) is 8.08. The minimum Gasteiger partial charge on any atom is -0.506 e. The van der Waals surface area contributed by atoms with Crippen molar-refractivity contribution < 1.29 is 9.90 Å². The predicted molar refractivity (Wildman–Crippen MR) is 122 cm³/mol. The van der Waals surface area contributed by atoms with E-state index < -0.39 is 11.5 Å². The van der Waals surface area contributed by atoms with Crippen LogP contribution in [0.3, 0.4) is 0 Å². The SMILES string of the molecule is CC(C)CCn1c(=O)c(C(=O)Nc2nc3ccc(Cl)cc3s2)c(O)c2ccccc21. The zero-order valence-electron chi connectivity index (χ0n) is 16.5. The third kappa shape index (κ3) is 3.78. The topological polar surface area (TPSA) is 84.2 Å². The Kier molecular flexibility index (Phi) is 5.49. The van der Waals surface area contributed by atoms with Crippen molar-refractivity contribution in [2.45, 2.75) is 26.8 Å². The fourth-order valence-electron chi connectivity index (χ4n) is 3.32.